The van der Waals surface area contributed by atoms with Gasteiger partial charge in [0.15, 0.2) is 0 Å². The van der Waals surface area contributed by atoms with Gasteiger partial charge in [0.05, 0.1) is 19.4 Å². The molecule has 0 fully saturated rings. The van der Waals surface area contributed by atoms with Crippen LogP contribution in [0, 0.1) is 5.41 Å². The fraction of sp³-hybridized carbons (Fsp3) is 0.538. The lowest BCUT2D eigenvalue weighted by Crippen LogP contribution is -2.19. The summed E-state index contributed by atoms with van der Waals surface area (Å²) >= 11 is 0. The highest BCUT2D eigenvalue weighted by atomic mass is 16.5. The molecule has 0 unspecified atom stereocenters. The quantitative estimate of drug-likeness (QED) is 0.167. The van der Waals surface area contributed by atoms with E-state index in [9.17, 15) is 0 Å². The van der Waals surface area contributed by atoms with E-state index in [-0.39, 0.29) is 6.61 Å². The Morgan fingerprint density at radius 2 is 1.52 bits per heavy atom. The molecule has 0 amide bonds. The first kappa shape index (κ1) is 47.0. The zero-order valence-corrected chi connectivity index (χ0v) is 31.0. The molecule has 7 heteroatoms. The number of unbranched alkanes of at least 4 members (excludes halogenated alkanes) is 1. The van der Waals surface area contributed by atoms with E-state index in [1.54, 1.807) is 21.3 Å². The van der Waals surface area contributed by atoms with Gasteiger partial charge in [0.25, 0.3) is 0 Å². The van der Waals surface area contributed by atoms with Gasteiger partial charge in [-0.15, -0.1) is 0 Å². The van der Waals surface area contributed by atoms with Gasteiger partial charge in [-0.05, 0) is 67.2 Å². The van der Waals surface area contributed by atoms with Crippen molar-refractivity contribution in [3.63, 3.8) is 0 Å². The van der Waals surface area contributed by atoms with E-state index in [0.717, 1.165) is 53.9 Å². The van der Waals surface area contributed by atoms with Crippen molar-refractivity contribution in [3.8, 4) is 11.5 Å². The molecule has 4 N–H and O–H groups in total. The van der Waals surface area contributed by atoms with Gasteiger partial charge in [-0.3, -0.25) is 10.4 Å². The van der Waals surface area contributed by atoms with Crippen LogP contribution in [-0.4, -0.2) is 57.7 Å². The molecular weight excluding hydrogens is 574 g/mol. The van der Waals surface area contributed by atoms with Crippen LogP contribution in [0.1, 0.15) is 111 Å². The zero-order valence-electron chi connectivity index (χ0n) is 31.0. The first-order valence-corrected chi connectivity index (χ1v) is 16.9. The summed E-state index contributed by atoms with van der Waals surface area (Å²) in [5.41, 5.74) is 10.5. The Morgan fingerprint density at radius 1 is 0.891 bits per heavy atom. The molecule has 3 rings (SSSR count). The number of allylic oxidation sites excluding steroid dienone is 4. The molecule has 0 bridgehead atoms. The summed E-state index contributed by atoms with van der Waals surface area (Å²) in [6.07, 6.45) is 13.8. The van der Waals surface area contributed by atoms with Crippen LogP contribution < -0.4 is 15.2 Å². The molecule has 262 valence electrons. The van der Waals surface area contributed by atoms with Crippen molar-refractivity contribution in [2.75, 3.05) is 41.1 Å². The van der Waals surface area contributed by atoms with Crippen molar-refractivity contribution in [2.24, 2.45) is 10.7 Å². The van der Waals surface area contributed by atoms with E-state index in [2.05, 4.69) is 63.4 Å². The Morgan fingerprint density at radius 3 is 2.00 bits per heavy atom. The summed E-state index contributed by atoms with van der Waals surface area (Å²) < 4.78 is 14.8. The van der Waals surface area contributed by atoms with Gasteiger partial charge in [0.1, 0.15) is 23.9 Å². The number of aliphatic hydroxyl groups excluding tert-OH is 1. The summed E-state index contributed by atoms with van der Waals surface area (Å²) in [7, 11) is 4.87. The Labute approximate surface area is 282 Å². The molecule has 0 saturated heterocycles. The number of aliphatic imine (C=N–C) groups is 1. The molecule has 1 aliphatic rings. The number of methoxy groups -OCH3 is 2. The molecule has 1 aliphatic carbocycles. The number of nitrogens with one attached hydrogen (secondary N) is 1. The zero-order chi connectivity index (χ0) is 35.6. The Hall–Kier alpha value is -3.42. The number of aliphatic hydroxyl groups is 1. The number of hydrogen-bond acceptors (Lipinski definition) is 6. The van der Waals surface area contributed by atoms with E-state index in [1.807, 2.05) is 62.4 Å². The summed E-state index contributed by atoms with van der Waals surface area (Å²) in [6, 6.07) is 13.5. The van der Waals surface area contributed by atoms with Gasteiger partial charge in [-0.1, -0.05) is 105 Å². The third kappa shape index (κ3) is 23.0. The van der Waals surface area contributed by atoms with Crippen LogP contribution in [0.3, 0.4) is 0 Å². The van der Waals surface area contributed by atoms with E-state index in [0.29, 0.717) is 24.7 Å². The number of hydrogen-bond donors (Lipinski definition) is 3. The second kappa shape index (κ2) is 34.5. The molecule has 2 aromatic rings. The second-order valence-electron chi connectivity index (χ2n) is 9.90. The molecule has 0 radical (unpaired) electrons. The van der Waals surface area contributed by atoms with Gasteiger partial charge in [-0.2, -0.15) is 0 Å². The molecule has 7 nitrogen and oxygen atoms in total. The number of ether oxygens (including phenoxy) is 3. The lowest BCUT2D eigenvalue weighted by molar-refractivity contribution is 0.201. The van der Waals surface area contributed by atoms with E-state index in [4.69, 9.17) is 25.7 Å². The third-order valence-corrected chi connectivity index (χ3v) is 5.78. The lowest BCUT2D eigenvalue weighted by atomic mass is 9.92. The van der Waals surface area contributed by atoms with Crippen LogP contribution in [0.25, 0.3) is 0 Å². The maximum Gasteiger partial charge on any atom is 0.126 e. The Bertz CT molecular complexity index is 1090. The normalized spacial score (nSPS) is 11.1. The number of aryl methyl sites for hydroxylation is 1. The minimum Gasteiger partial charge on any atom is -0.497 e. The van der Waals surface area contributed by atoms with Crippen molar-refractivity contribution < 1.29 is 19.3 Å². The average molecular weight is 642 g/mol. The fourth-order valence-corrected chi connectivity index (χ4v) is 3.40. The molecule has 0 aliphatic heterocycles. The summed E-state index contributed by atoms with van der Waals surface area (Å²) in [5.74, 6) is 2.02. The van der Waals surface area contributed by atoms with E-state index >= 15 is 0 Å². The SMILES string of the molecule is CC.CCC.CCCC.CCCN=C(N)c1cc(OC)ccc1C(=N)C1=CC=CCC1.CCc1cccc(OCCO)c1.COC. The minimum atomic E-state index is 0.0658. The number of nitrogens with zero attached hydrogens (tertiary/aromatic N) is 1. The van der Waals surface area contributed by atoms with Crippen LogP contribution in [0.15, 0.2) is 71.3 Å². The maximum absolute atomic E-state index is 8.53. The van der Waals surface area contributed by atoms with Crippen molar-refractivity contribution in [1.29, 1.82) is 5.41 Å². The molecule has 0 spiro atoms. The first-order valence-electron chi connectivity index (χ1n) is 16.9. The lowest BCUT2D eigenvalue weighted by Gasteiger charge is -2.15. The Kier molecular flexibility index (Phi) is 35.2. The average Bonchev–Trinajstić information content (AvgIpc) is 3.11. The van der Waals surface area contributed by atoms with Gasteiger partial charge in [-0.25, -0.2) is 0 Å². The van der Waals surface area contributed by atoms with Crippen LogP contribution in [0.4, 0.5) is 0 Å². The topological polar surface area (TPSA) is 110 Å². The van der Waals surface area contributed by atoms with Crippen LogP contribution in [-0.2, 0) is 11.2 Å². The molecular formula is C39H67N3O4. The van der Waals surface area contributed by atoms with Crippen LogP contribution in [0.5, 0.6) is 11.5 Å². The number of benzene rings is 2. The Balaban J connectivity index is -0.000000644. The van der Waals surface area contributed by atoms with Crippen molar-refractivity contribution >= 4 is 11.5 Å². The van der Waals surface area contributed by atoms with Gasteiger partial charge in [0.2, 0.25) is 0 Å². The number of nitrogens with two attached hydrogens (primary N) is 1. The van der Waals surface area contributed by atoms with Crippen LogP contribution >= 0.6 is 0 Å². The molecule has 0 saturated carbocycles. The van der Waals surface area contributed by atoms with Crippen molar-refractivity contribution in [1.82, 2.24) is 0 Å². The van der Waals surface area contributed by atoms with Gasteiger partial charge >= 0.3 is 0 Å². The number of rotatable bonds is 11. The smallest absolute Gasteiger partial charge is 0.126 e. The second-order valence-corrected chi connectivity index (χ2v) is 9.90. The van der Waals surface area contributed by atoms with Gasteiger partial charge in [0, 0.05) is 31.9 Å². The van der Waals surface area contributed by atoms with Crippen molar-refractivity contribution in [3.05, 3.63) is 83.0 Å². The molecule has 46 heavy (non-hydrogen) atoms. The highest BCUT2D eigenvalue weighted by Crippen LogP contribution is 2.23. The molecule has 2 aromatic carbocycles. The number of amidine groups is 1. The van der Waals surface area contributed by atoms with E-state index in [1.165, 1.54) is 24.8 Å². The highest BCUT2D eigenvalue weighted by Gasteiger charge is 2.16. The minimum absolute atomic E-state index is 0.0658. The standard InChI is InChI=1S/C18H23N3O.C10H14O2.C4H10.C3H8.C2H6O.C2H6/c1-3-11-21-18(20)16-12-14(22-2)9-10-15(16)17(19)13-7-5-4-6-8-13;1-2-9-4-3-5-10(8-9)12-7-6-11;1-3-4-2;2*1-3-2;1-2/h4-5,7,9-10,12,19H,3,6,8,11H2,1-2H3,(H2,20,21);3-5,8,11H,2,6-7H2,1H3;3-4H2,1-2H3;3H2,1-2H3;1-2H3;1-2H3. The maximum atomic E-state index is 8.53. The largest absolute Gasteiger partial charge is 0.497 e. The molecule has 0 atom stereocenters. The summed E-state index contributed by atoms with van der Waals surface area (Å²) in [4.78, 5) is 4.39. The first-order chi connectivity index (χ1) is 22.3. The van der Waals surface area contributed by atoms with Gasteiger partial charge < -0.3 is 25.1 Å². The van der Waals surface area contributed by atoms with E-state index < -0.39 is 0 Å². The third-order valence-electron chi connectivity index (χ3n) is 5.78. The fourth-order valence-electron chi connectivity index (χ4n) is 3.40. The van der Waals surface area contributed by atoms with Crippen molar-refractivity contribution in [2.45, 2.75) is 100 Å². The molecule has 0 aromatic heterocycles. The predicted octanol–water partition coefficient (Wildman–Crippen LogP) is 9.59. The summed E-state index contributed by atoms with van der Waals surface area (Å²) in [6.45, 7) is 17.9. The predicted molar refractivity (Wildman–Crippen MR) is 201 cm³/mol. The molecule has 0 heterocycles. The summed E-state index contributed by atoms with van der Waals surface area (Å²) in [5, 5.41) is 17.0. The van der Waals surface area contributed by atoms with Crippen LogP contribution in [0.2, 0.25) is 0 Å². The monoisotopic (exact) mass is 642 g/mol. The highest BCUT2D eigenvalue weighted by molar-refractivity contribution is 6.17.